The molecular weight excluding hydrogens is 352 g/mol. The van der Waals surface area contributed by atoms with Gasteiger partial charge in [0.25, 0.3) is 10.4 Å². The summed E-state index contributed by atoms with van der Waals surface area (Å²) in [5.74, 6) is 0.734. The van der Waals surface area contributed by atoms with E-state index < -0.39 is 0 Å². The maximum Gasteiger partial charge on any atom is 0.330 e. The van der Waals surface area contributed by atoms with Gasteiger partial charge in [-0.15, -0.1) is 5.10 Å². The standard InChI is InChI=1S/C18H12N4O3S/c1-24-9-6-7-13-12(8-9)14-10-4-2-3-5-11(10)16(23)22(15(14)19-13)17-20-21-18(26)25-17/h2-8,19H,1H3,(H,21,26). The third-order valence-electron chi connectivity index (χ3n) is 4.46. The van der Waals surface area contributed by atoms with Crippen molar-refractivity contribution < 1.29 is 9.15 Å². The minimum absolute atomic E-state index is 0.0919. The summed E-state index contributed by atoms with van der Waals surface area (Å²) in [4.78, 5) is 16.5. The number of pyridine rings is 1. The van der Waals surface area contributed by atoms with Crippen LogP contribution in [0, 0.1) is 4.84 Å². The molecule has 0 fully saturated rings. The number of fused-ring (bicyclic) bond motifs is 5. The van der Waals surface area contributed by atoms with Gasteiger partial charge in [-0.25, -0.2) is 9.67 Å². The second kappa shape index (κ2) is 5.30. The summed E-state index contributed by atoms with van der Waals surface area (Å²) in [6, 6.07) is 13.3. The molecule has 0 unspecified atom stereocenters. The summed E-state index contributed by atoms with van der Waals surface area (Å²) in [7, 11) is 1.62. The molecule has 3 heterocycles. The van der Waals surface area contributed by atoms with Crippen LogP contribution in [0.15, 0.2) is 51.7 Å². The maximum absolute atomic E-state index is 13.1. The third kappa shape index (κ3) is 1.96. The number of hydrogen-bond acceptors (Lipinski definition) is 5. The Kier molecular flexibility index (Phi) is 3.04. The molecule has 0 aliphatic rings. The lowest BCUT2D eigenvalue weighted by Gasteiger charge is -2.06. The van der Waals surface area contributed by atoms with Gasteiger partial charge in [0.1, 0.15) is 11.4 Å². The predicted molar refractivity (Wildman–Crippen MR) is 101 cm³/mol. The zero-order valence-electron chi connectivity index (χ0n) is 13.6. The monoisotopic (exact) mass is 364 g/mol. The second-order valence-corrected chi connectivity index (χ2v) is 6.21. The Bertz CT molecular complexity index is 1420. The highest BCUT2D eigenvalue weighted by Crippen LogP contribution is 2.33. The van der Waals surface area contributed by atoms with Crippen LogP contribution in [0.1, 0.15) is 0 Å². The van der Waals surface area contributed by atoms with Crippen molar-refractivity contribution in [2.45, 2.75) is 0 Å². The summed E-state index contributed by atoms with van der Waals surface area (Å²) in [6.07, 6.45) is 0. The molecule has 8 heteroatoms. The van der Waals surface area contributed by atoms with Crippen molar-refractivity contribution in [3.63, 3.8) is 0 Å². The van der Waals surface area contributed by atoms with Crippen molar-refractivity contribution in [3.8, 4) is 11.8 Å². The van der Waals surface area contributed by atoms with Gasteiger partial charge in [0.15, 0.2) is 0 Å². The summed E-state index contributed by atoms with van der Waals surface area (Å²) in [5.41, 5.74) is 1.22. The van der Waals surface area contributed by atoms with Crippen molar-refractivity contribution in [1.82, 2.24) is 19.7 Å². The summed E-state index contributed by atoms with van der Waals surface area (Å²) in [6.45, 7) is 0. The van der Waals surface area contributed by atoms with E-state index >= 15 is 0 Å². The van der Waals surface area contributed by atoms with Gasteiger partial charge in [-0.3, -0.25) is 4.79 Å². The van der Waals surface area contributed by atoms with Gasteiger partial charge in [-0.05, 0) is 41.9 Å². The average Bonchev–Trinajstić information content (AvgIpc) is 3.25. The number of methoxy groups -OCH3 is 1. The minimum Gasteiger partial charge on any atom is -0.497 e. The maximum atomic E-state index is 13.1. The van der Waals surface area contributed by atoms with Crippen LogP contribution >= 0.6 is 12.2 Å². The number of benzene rings is 2. The topological polar surface area (TPSA) is 88.8 Å². The number of aromatic amines is 2. The van der Waals surface area contributed by atoms with Crippen molar-refractivity contribution in [2.75, 3.05) is 7.11 Å². The van der Waals surface area contributed by atoms with E-state index in [2.05, 4.69) is 15.2 Å². The van der Waals surface area contributed by atoms with Crippen LogP contribution in [0.25, 0.3) is 38.7 Å². The van der Waals surface area contributed by atoms with Crippen LogP contribution in [0.2, 0.25) is 0 Å². The van der Waals surface area contributed by atoms with E-state index in [1.54, 1.807) is 13.2 Å². The lowest BCUT2D eigenvalue weighted by Crippen LogP contribution is -2.19. The normalized spacial score (nSPS) is 11.6. The first-order chi connectivity index (χ1) is 12.7. The molecule has 0 radical (unpaired) electrons. The van der Waals surface area contributed by atoms with Crippen LogP contribution in [0.3, 0.4) is 0 Å². The van der Waals surface area contributed by atoms with Crippen LogP contribution in [0.4, 0.5) is 0 Å². The Balaban J connectivity index is 2.09. The number of ether oxygens (including phenoxy) is 1. The van der Waals surface area contributed by atoms with Crippen molar-refractivity contribution in [3.05, 3.63) is 57.7 Å². The quantitative estimate of drug-likeness (QED) is 0.467. The summed E-state index contributed by atoms with van der Waals surface area (Å²) < 4.78 is 12.2. The lowest BCUT2D eigenvalue weighted by molar-refractivity contribution is 0.415. The van der Waals surface area contributed by atoms with E-state index in [4.69, 9.17) is 21.4 Å². The van der Waals surface area contributed by atoms with Gasteiger partial charge in [0.2, 0.25) is 0 Å². The molecule has 5 aromatic rings. The largest absolute Gasteiger partial charge is 0.497 e. The highest BCUT2D eigenvalue weighted by Gasteiger charge is 2.19. The first-order valence-corrected chi connectivity index (χ1v) is 8.27. The number of aromatic nitrogens is 4. The molecule has 0 saturated carbocycles. The lowest BCUT2D eigenvalue weighted by atomic mass is 10.1. The molecule has 7 nitrogen and oxygen atoms in total. The van der Waals surface area contributed by atoms with E-state index in [1.165, 1.54) is 4.57 Å². The second-order valence-electron chi connectivity index (χ2n) is 5.84. The fourth-order valence-corrected chi connectivity index (χ4v) is 3.45. The molecule has 2 aromatic carbocycles. The Hall–Kier alpha value is -3.39. The first-order valence-electron chi connectivity index (χ1n) is 7.86. The molecule has 5 rings (SSSR count). The SMILES string of the molecule is COc1ccc2[nH]c3c(c2c1)c1ccccc1c(=O)n3-c1n[nH]c(=S)o1. The highest BCUT2D eigenvalue weighted by atomic mass is 32.1. The van der Waals surface area contributed by atoms with Gasteiger partial charge in [-0.1, -0.05) is 18.2 Å². The minimum atomic E-state index is -0.239. The highest BCUT2D eigenvalue weighted by molar-refractivity contribution is 7.71. The van der Waals surface area contributed by atoms with Crippen LogP contribution in [-0.4, -0.2) is 26.9 Å². The summed E-state index contributed by atoms with van der Waals surface area (Å²) >= 11 is 4.97. The van der Waals surface area contributed by atoms with Gasteiger partial charge in [0, 0.05) is 21.7 Å². The summed E-state index contributed by atoms with van der Waals surface area (Å²) in [5, 5.41) is 9.83. The molecule has 128 valence electrons. The van der Waals surface area contributed by atoms with Crippen molar-refractivity contribution in [1.29, 1.82) is 0 Å². The van der Waals surface area contributed by atoms with E-state index in [1.807, 2.05) is 36.4 Å². The molecule has 3 aromatic heterocycles. The number of H-pyrrole nitrogens is 2. The molecule has 0 bridgehead atoms. The van der Waals surface area contributed by atoms with E-state index in [0.717, 1.165) is 27.4 Å². The molecule has 0 aliphatic heterocycles. The molecule has 0 atom stereocenters. The number of nitrogens with one attached hydrogen (secondary N) is 2. The van der Waals surface area contributed by atoms with Crippen LogP contribution in [0.5, 0.6) is 5.75 Å². The average molecular weight is 364 g/mol. The molecule has 2 N–H and O–H groups in total. The van der Waals surface area contributed by atoms with Gasteiger partial charge in [0.05, 0.1) is 7.11 Å². The van der Waals surface area contributed by atoms with Gasteiger partial charge >= 0.3 is 6.01 Å². The molecule has 0 amide bonds. The van der Waals surface area contributed by atoms with Gasteiger partial charge in [-0.2, -0.15) is 0 Å². The Morgan fingerprint density at radius 1 is 1.15 bits per heavy atom. The Morgan fingerprint density at radius 3 is 2.69 bits per heavy atom. The molecule has 26 heavy (non-hydrogen) atoms. The van der Waals surface area contributed by atoms with E-state index in [9.17, 15) is 4.79 Å². The molecule has 0 saturated heterocycles. The third-order valence-corrected chi connectivity index (χ3v) is 4.63. The fourth-order valence-electron chi connectivity index (χ4n) is 3.33. The van der Waals surface area contributed by atoms with Crippen molar-refractivity contribution in [2.24, 2.45) is 0 Å². The van der Waals surface area contributed by atoms with E-state index in [-0.39, 0.29) is 16.4 Å². The Labute approximate surface area is 150 Å². The molecule has 0 spiro atoms. The smallest absolute Gasteiger partial charge is 0.330 e. The predicted octanol–water partition coefficient (Wildman–Crippen LogP) is 3.68. The molecule has 0 aliphatic carbocycles. The number of hydrogen-bond donors (Lipinski definition) is 2. The number of nitrogens with zero attached hydrogens (tertiary/aromatic N) is 2. The first kappa shape index (κ1) is 14.9. The Morgan fingerprint density at radius 2 is 1.96 bits per heavy atom. The fraction of sp³-hybridized carbons (Fsp3) is 0.0556. The molecular formula is C18H12N4O3S. The van der Waals surface area contributed by atoms with Crippen molar-refractivity contribution >= 4 is 44.9 Å². The number of rotatable bonds is 2. The van der Waals surface area contributed by atoms with E-state index in [0.29, 0.717) is 11.0 Å². The van der Waals surface area contributed by atoms with Crippen LogP contribution < -0.4 is 10.3 Å². The van der Waals surface area contributed by atoms with Crippen LogP contribution in [-0.2, 0) is 0 Å². The zero-order chi connectivity index (χ0) is 17.8. The zero-order valence-corrected chi connectivity index (χ0v) is 14.4. The van der Waals surface area contributed by atoms with Gasteiger partial charge < -0.3 is 14.1 Å².